The minimum atomic E-state index is -0.737. The Kier molecular flexibility index (Phi) is 5.67. The summed E-state index contributed by atoms with van der Waals surface area (Å²) in [6, 6.07) is 11.7. The quantitative estimate of drug-likeness (QED) is 0.874. The lowest BCUT2D eigenvalue weighted by atomic mass is 10.0. The van der Waals surface area contributed by atoms with Crippen LogP contribution in [0.15, 0.2) is 36.4 Å². The number of alkyl carbamates (subject to hydrolysis) is 1. The summed E-state index contributed by atoms with van der Waals surface area (Å²) >= 11 is 0. The number of aliphatic hydroxyl groups excluding tert-OH is 1. The smallest absolute Gasteiger partial charge is 0.407 e. The van der Waals surface area contributed by atoms with Crippen LogP contribution in [0.3, 0.4) is 0 Å². The highest BCUT2D eigenvalue weighted by molar-refractivity contribution is 5.85. The van der Waals surface area contributed by atoms with Crippen molar-refractivity contribution < 1.29 is 19.4 Å². The Morgan fingerprint density at radius 1 is 1.21 bits per heavy atom. The molecule has 0 spiro atoms. The van der Waals surface area contributed by atoms with Gasteiger partial charge in [-0.05, 0) is 50.1 Å². The van der Waals surface area contributed by atoms with E-state index in [9.17, 15) is 9.90 Å². The molecule has 1 atom stereocenters. The van der Waals surface area contributed by atoms with Gasteiger partial charge in [0, 0.05) is 12.1 Å². The van der Waals surface area contributed by atoms with E-state index < -0.39 is 17.8 Å². The van der Waals surface area contributed by atoms with Crippen molar-refractivity contribution in [2.75, 3.05) is 13.7 Å². The van der Waals surface area contributed by atoms with E-state index in [0.29, 0.717) is 24.3 Å². The summed E-state index contributed by atoms with van der Waals surface area (Å²) in [5.74, 6) is 0.637. The molecule has 0 radical (unpaired) electrons. The predicted molar refractivity (Wildman–Crippen MR) is 94.3 cm³/mol. The lowest BCUT2D eigenvalue weighted by Crippen LogP contribution is -2.33. The first kappa shape index (κ1) is 18.1. The molecule has 0 aliphatic carbocycles. The van der Waals surface area contributed by atoms with E-state index >= 15 is 0 Å². The van der Waals surface area contributed by atoms with E-state index in [0.717, 1.165) is 10.8 Å². The summed E-state index contributed by atoms with van der Waals surface area (Å²) in [6.07, 6.45) is -0.854. The third-order valence-corrected chi connectivity index (χ3v) is 3.54. The number of amides is 1. The normalized spacial score (nSPS) is 12.7. The summed E-state index contributed by atoms with van der Waals surface area (Å²) in [5, 5.41) is 15.2. The van der Waals surface area contributed by atoms with E-state index in [4.69, 9.17) is 9.47 Å². The molecule has 0 saturated carbocycles. The van der Waals surface area contributed by atoms with Crippen LogP contribution in [-0.4, -0.2) is 30.5 Å². The van der Waals surface area contributed by atoms with Crippen molar-refractivity contribution in [3.63, 3.8) is 0 Å². The highest BCUT2D eigenvalue weighted by Crippen LogP contribution is 2.31. The molecule has 1 unspecified atom stereocenters. The first-order chi connectivity index (χ1) is 11.3. The Balaban J connectivity index is 2.03. The van der Waals surface area contributed by atoms with Crippen molar-refractivity contribution in [1.82, 2.24) is 5.32 Å². The van der Waals surface area contributed by atoms with Gasteiger partial charge >= 0.3 is 6.09 Å². The first-order valence-corrected chi connectivity index (χ1v) is 8.02. The zero-order valence-corrected chi connectivity index (χ0v) is 14.6. The number of rotatable bonds is 5. The molecule has 0 fully saturated rings. The molecule has 1 amide bonds. The maximum absolute atomic E-state index is 11.6. The molecular weight excluding hydrogens is 306 g/mol. The molecule has 24 heavy (non-hydrogen) atoms. The Labute approximate surface area is 142 Å². The van der Waals surface area contributed by atoms with Crippen LogP contribution in [0.2, 0.25) is 0 Å². The number of nitrogens with one attached hydrogen (secondary N) is 1. The van der Waals surface area contributed by atoms with Crippen LogP contribution in [0.25, 0.3) is 10.8 Å². The van der Waals surface area contributed by atoms with Crippen LogP contribution < -0.4 is 10.1 Å². The Morgan fingerprint density at radius 2 is 1.83 bits per heavy atom. The lowest BCUT2D eigenvalue weighted by Gasteiger charge is -2.20. The molecule has 130 valence electrons. The van der Waals surface area contributed by atoms with E-state index in [-0.39, 0.29) is 0 Å². The second-order valence-electron chi connectivity index (χ2n) is 6.67. The van der Waals surface area contributed by atoms with Gasteiger partial charge in [-0.2, -0.15) is 0 Å². The molecule has 2 aromatic rings. The predicted octanol–water partition coefficient (Wildman–Crippen LogP) is 3.80. The number of ether oxygens (including phenoxy) is 2. The van der Waals surface area contributed by atoms with Crippen LogP contribution in [0.1, 0.15) is 38.9 Å². The largest absolute Gasteiger partial charge is 0.496 e. The molecule has 0 saturated heterocycles. The topological polar surface area (TPSA) is 67.8 Å². The van der Waals surface area contributed by atoms with Gasteiger partial charge in [-0.15, -0.1) is 0 Å². The molecule has 2 N–H and O–H groups in total. The molecule has 0 aromatic heterocycles. The highest BCUT2D eigenvalue weighted by Gasteiger charge is 2.18. The lowest BCUT2D eigenvalue weighted by molar-refractivity contribution is 0.0518. The van der Waals surface area contributed by atoms with Gasteiger partial charge in [-0.1, -0.05) is 24.3 Å². The molecule has 0 bridgehead atoms. The maximum atomic E-state index is 11.6. The molecule has 0 aliphatic heterocycles. The number of benzene rings is 2. The molecule has 5 nitrogen and oxygen atoms in total. The SMILES string of the molecule is COc1cc2ccccc2cc1C(O)CCNC(=O)OC(C)(C)C. The van der Waals surface area contributed by atoms with Crippen LogP contribution in [0.4, 0.5) is 4.79 Å². The average molecular weight is 331 g/mol. The molecule has 2 aromatic carbocycles. The van der Waals surface area contributed by atoms with E-state index in [2.05, 4.69) is 5.32 Å². The number of methoxy groups -OCH3 is 1. The number of carbonyl (C=O) groups is 1. The number of hydrogen-bond donors (Lipinski definition) is 2. The summed E-state index contributed by atoms with van der Waals surface area (Å²) in [6.45, 7) is 5.73. The fourth-order valence-corrected chi connectivity index (χ4v) is 2.45. The standard InChI is InChI=1S/C19H25NO4/c1-19(2,3)24-18(22)20-10-9-16(21)15-11-13-7-5-6-8-14(13)12-17(15)23-4/h5-8,11-12,16,21H,9-10H2,1-4H3,(H,20,22). The third-order valence-electron chi connectivity index (χ3n) is 3.54. The van der Waals surface area contributed by atoms with Crippen LogP contribution in [0.5, 0.6) is 5.75 Å². The van der Waals surface area contributed by atoms with Gasteiger partial charge in [-0.3, -0.25) is 0 Å². The third kappa shape index (κ3) is 4.86. The van der Waals surface area contributed by atoms with Crippen molar-refractivity contribution in [2.45, 2.75) is 38.9 Å². The molecule has 2 rings (SSSR count). The van der Waals surface area contributed by atoms with Gasteiger partial charge in [0.2, 0.25) is 0 Å². The Hall–Kier alpha value is -2.27. The summed E-state index contributed by atoms with van der Waals surface area (Å²) in [7, 11) is 1.58. The van der Waals surface area contributed by atoms with Crippen molar-refractivity contribution in [3.8, 4) is 5.75 Å². The second-order valence-corrected chi connectivity index (χ2v) is 6.67. The summed E-state index contributed by atoms with van der Waals surface area (Å²) in [5.41, 5.74) is 0.173. The zero-order valence-electron chi connectivity index (χ0n) is 14.6. The van der Waals surface area contributed by atoms with Gasteiger partial charge < -0.3 is 19.9 Å². The Bertz CT molecular complexity index is 706. The molecule has 5 heteroatoms. The minimum Gasteiger partial charge on any atom is -0.496 e. The van der Waals surface area contributed by atoms with Crippen molar-refractivity contribution in [1.29, 1.82) is 0 Å². The van der Waals surface area contributed by atoms with Crippen LogP contribution in [0, 0.1) is 0 Å². The average Bonchev–Trinajstić information content (AvgIpc) is 2.51. The molecular formula is C19H25NO4. The van der Waals surface area contributed by atoms with E-state index in [1.54, 1.807) is 27.9 Å². The fraction of sp³-hybridized carbons (Fsp3) is 0.421. The van der Waals surface area contributed by atoms with Gasteiger partial charge in [0.05, 0.1) is 13.2 Å². The van der Waals surface area contributed by atoms with Gasteiger partial charge in [0.25, 0.3) is 0 Å². The van der Waals surface area contributed by atoms with Gasteiger partial charge in [0.1, 0.15) is 11.4 Å². The summed E-state index contributed by atoms with van der Waals surface area (Å²) in [4.78, 5) is 11.6. The van der Waals surface area contributed by atoms with Crippen molar-refractivity contribution in [2.24, 2.45) is 0 Å². The van der Waals surface area contributed by atoms with E-state index in [1.165, 1.54) is 0 Å². The van der Waals surface area contributed by atoms with Crippen molar-refractivity contribution >= 4 is 16.9 Å². The molecule has 0 aliphatic rings. The number of aliphatic hydroxyl groups is 1. The first-order valence-electron chi connectivity index (χ1n) is 8.02. The van der Waals surface area contributed by atoms with Crippen molar-refractivity contribution in [3.05, 3.63) is 42.0 Å². The van der Waals surface area contributed by atoms with Crippen LogP contribution >= 0.6 is 0 Å². The number of hydrogen-bond acceptors (Lipinski definition) is 4. The Morgan fingerprint density at radius 3 is 2.42 bits per heavy atom. The number of carbonyl (C=O) groups excluding carboxylic acids is 1. The zero-order chi connectivity index (χ0) is 17.7. The van der Waals surface area contributed by atoms with Gasteiger partial charge in [-0.25, -0.2) is 4.79 Å². The maximum Gasteiger partial charge on any atom is 0.407 e. The highest BCUT2D eigenvalue weighted by atomic mass is 16.6. The minimum absolute atomic E-state index is 0.312. The number of fused-ring (bicyclic) bond motifs is 1. The van der Waals surface area contributed by atoms with Crippen LogP contribution in [-0.2, 0) is 4.74 Å². The fourth-order valence-electron chi connectivity index (χ4n) is 2.45. The van der Waals surface area contributed by atoms with E-state index in [1.807, 2.05) is 36.4 Å². The molecule has 0 heterocycles. The second kappa shape index (κ2) is 7.53. The summed E-state index contributed by atoms with van der Waals surface area (Å²) < 4.78 is 10.6. The van der Waals surface area contributed by atoms with Gasteiger partial charge in [0.15, 0.2) is 0 Å². The monoisotopic (exact) mass is 331 g/mol.